The van der Waals surface area contributed by atoms with Crippen molar-refractivity contribution in [1.82, 2.24) is 4.31 Å². The highest BCUT2D eigenvalue weighted by atomic mass is 32.2. The van der Waals surface area contributed by atoms with Gasteiger partial charge in [0.05, 0.1) is 11.5 Å². The van der Waals surface area contributed by atoms with Gasteiger partial charge in [0.1, 0.15) is 11.6 Å². The maximum absolute atomic E-state index is 14.0. The monoisotopic (exact) mass is 551 g/mol. The van der Waals surface area contributed by atoms with E-state index in [0.29, 0.717) is 17.9 Å². The fraction of sp³-hybridized carbons (Fsp3) is 0.387. The zero-order valence-corrected chi connectivity index (χ0v) is 23.2. The molecule has 0 amide bonds. The molecule has 39 heavy (non-hydrogen) atoms. The van der Waals surface area contributed by atoms with Crippen LogP contribution >= 0.6 is 0 Å². The fourth-order valence-corrected chi connectivity index (χ4v) is 7.58. The third-order valence-corrected chi connectivity index (χ3v) is 9.71. The molecule has 0 saturated heterocycles. The molecule has 1 aliphatic carbocycles. The lowest BCUT2D eigenvalue weighted by atomic mass is 9.66. The highest BCUT2D eigenvalue weighted by Crippen LogP contribution is 2.46. The van der Waals surface area contributed by atoms with E-state index in [9.17, 15) is 17.6 Å². The highest BCUT2D eigenvalue weighted by Gasteiger charge is 2.44. The molecule has 1 fully saturated rings. The van der Waals surface area contributed by atoms with Crippen LogP contribution in [0.2, 0.25) is 0 Å². The van der Waals surface area contributed by atoms with Crippen LogP contribution in [0.3, 0.4) is 0 Å². The molecule has 0 aromatic heterocycles. The van der Waals surface area contributed by atoms with Crippen molar-refractivity contribution in [3.05, 3.63) is 83.2 Å². The number of nitrogens with zero attached hydrogens (tertiary/aromatic N) is 1. The lowest BCUT2D eigenvalue weighted by Gasteiger charge is -2.46. The summed E-state index contributed by atoms with van der Waals surface area (Å²) in [6.45, 7) is 4.24. The number of hydrogen-bond donors (Lipinski definition) is 0. The van der Waals surface area contributed by atoms with Crippen molar-refractivity contribution >= 4 is 16.0 Å². The Balaban J connectivity index is 1.47. The number of halogens is 1. The molecular weight excluding hydrogens is 517 g/mol. The van der Waals surface area contributed by atoms with Crippen LogP contribution in [0.25, 0.3) is 11.1 Å². The van der Waals surface area contributed by atoms with Gasteiger partial charge in [-0.1, -0.05) is 43.5 Å². The summed E-state index contributed by atoms with van der Waals surface area (Å²) in [6, 6.07) is 17.4. The van der Waals surface area contributed by atoms with E-state index in [1.165, 1.54) is 17.7 Å². The largest absolute Gasteiger partial charge is 0.482 e. The molecule has 1 heterocycles. The first-order valence-electron chi connectivity index (χ1n) is 13.5. The number of hydrogen-bond acceptors (Lipinski definition) is 5. The second-order valence-corrected chi connectivity index (χ2v) is 12.5. The molecule has 5 rings (SSSR count). The minimum Gasteiger partial charge on any atom is -0.482 e. The van der Waals surface area contributed by atoms with Crippen LogP contribution in [0.5, 0.6) is 5.75 Å². The molecule has 206 valence electrons. The van der Waals surface area contributed by atoms with Crippen LogP contribution in [0.1, 0.15) is 55.7 Å². The summed E-state index contributed by atoms with van der Waals surface area (Å²) >= 11 is 0. The quantitative estimate of drug-likeness (QED) is 0.330. The van der Waals surface area contributed by atoms with E-state index in [0.717, 1.165) is 48.8 Å². The zero-order chi connectivity index (χ0) is 27.6. The number of carbonyl (C=O) groups excluding carboxylic acids is 1. The van der Waals surface area contributed by atoms with E-state index >= 15 is 0 Å². The van der Waals surface area contributed by atoms with E-state index in [1.807, 2.05) is 0 Å². The molecule has 0 unspecified atom stereocenters. The Morgan fingerprint density at radius 2 is 1.69 bits per heavy atom. The minimum atomic E-state index is -3.81. The molecule has 6 nitrogen and oxygen atoms in total. The minimum absolute atomic E-state index is 0.201. The molecule has 8 heteroatoms. The summed E-state index contributed by atoms with van der Waals surface area (Å²) in [6.07, 6.45) is 5.18. The van der Waals surface area contributed by atoms with E-state index < -0.39 is 16.0 Å². The summed E-state index contributed by atoms with van der Waals surface area (Å²) in [5.74, 6) is -0.320. The van der Waals surface area contributed by atoms with Crippen LogP contribution in [-0.2, 0) is 31.5 Å². The molecule has 0 radical (unpaired) electrons. The summed E-state index contributed by atoms with van der Waals surface area (Å²) in [5.41, 5.74) is 4.48. The van der Waals surface area contributed by atoms with Gasteiger partial charge in [0.2, 0.25) is 10.0 Å². The first-order chi connectivity index (χ1) is 18.7. The number of rotatable bonds is 7. The molecular formula is C31H34FNO5S. The van der Waals surface area contributed by atoms with Gasteiger partial charge in [-0.25, -0.2) is 17.6 Å². The van der Waals surface area contributed by atoms with Crippen molar-refractivity contribution in [3.63, 3.8) is 0 Å². The molecule has 1 aliphatic heterocycles. The average Bonchev–Trinajstić information content (AvgIpc) is 2.93. The first-order valence-corrected chi connectivity index (χ1v) is 14.9. The van der Waals surface area contributed by atoms with Crippen molar-refractivity contribution < 1.29 is 27.1 Å². The Labute approximate surface area is 229 Å². The second kappa shape index (κ2) is 11.1. The number of fused-ring (bicyclic) bond motifs is 2. The summed E-state index contributed by atoms with van der Waals surface area (Å²) < 4.78 is 53.6. The molecule has 0 atom stereocenters. The maximum Gasteiger partial charge on any atom is 0.344 e. The van der Waals surface area contributed by atoms with Gasteiger partial charge in [-0.05, 0) is 90.9 Å². The summed E-state index contributed by atoms with van der Waals surface area (Å²) in [4.78, 5) is 11.9. The zero-order valence-electron chi connectivity index (χ0n) is 22.4. The highest BCUT2D eigenvalue weighted by molar-refractivity contribution is 7.89. The normalized spacial score (nSPS) is 17.0. The molecule has 1 saturated carbocycles. The van der Waals surface area contributed by atoms with Gasteiger partial charge in [-0.3, -0.25) is 0 Å². The topological polar surface area (TPSA) is 72.9 Å². The van der Waals surface area contributed by atoms with E-state index in [-0.39, 0.29) is 35.9 Å². The van der Waals surface area contributed by atoms with E-state index in [1.54, 1.807) is 48.5 Å². The molecule has 3 aromatic rings. The van der Waals surface area contributed by atoms with Crippen LogP contribution in [-0.4, -0.2) is 38.5 Å². The maximum atomic E-state index is 14.0. The Morgan fingerprint density at radius 1 is 0.974 bits per heavy atom. The fourth-order valence-electron chi connectivity index (χ4n) is 5.99. The van der Waals surface area contributed by atoms with Crippen LogP contribution < -0.4 is 4.74 Å². The number of ether oxygens (including phenoxy) is 2. The van der Waals surface area contributed by atoms with E-state index in [2.05, 4.69) is 18.2 Å². The lowest BCUT2D eigenvalue weighted by Crippen LogP contribution is -2.48. The molecule has 2 aliphatic rings. The van der Waals surface area contributed by atoms with Crippen LogP contribution in [0.4, 0.5) is 4.39 Å². The molecule has 0 N–H and O–H groups in total. The standard InChI is InChI=1S/C31H34FNO5S/c1-3-37-30(34)20-38-29-14-12-27(17-22(29)2)39(35,36)33-19-25-18-24(23-7-10-26(32)11-8-23)9-13-28(25)31(21-33)15-5-4-6-16-31/h7-14,17-18H,3-6,15-16,19-21H2,1-2H3. The van der Waals surface area contributed by atoms with Crippen molar-refractivity contribution in [2.24, 2.45) is 0 Å². The van der Waals surface area contributed by atoms with Gasteiger partial charge in [-0.15, -0.1) is 0 Å². The van der Waals surface area contributed by atoms with Crippen molar-refractivity contribution in [1.29, 1.82) is 0 Å². The number of carbonyl (C=O) groups is 1. The molecule has 3 aromatic carbocycles. The van der Waals surface area contributed by atoms with Gasteiger partial charge in [0.25, 0.3) is 0 Å². The van der Waals surface area contributed by atoms with E-state index in [4.69, 9.17) is 9.47 Å². The van der Waals surface area contributed by atoms with Gasteiger partial charge in [-0.2, -0.15) is 4.31 Å². The van der Waals surface area contributed by atoms with Gasteiger partial charge < -0.3 is 9.47 Å². The molecule has 1 spiro atoms. The van der Waals surface area contributed by atoms with Crippen molar-refractivity contribution in [2.45, 2.75) is 62.8 Å². The Kier molecular flexibility index (Phi) is 7.78. The third-order valence-electron chi connectivity index (χ3n) is 7.93. The summed E-state index contributed by atoms with van der Waals surface area (Å²) in [7, 11) is -3.81. The third kappa shape index (κ3) is 5.58. The number of aryl methyl sites for hydroxylation is 1. The predicted octanol–water partition coefficient (Wildman–Crippen LogP) is 6.15. The van der Waals surface area contributed by atoms with Gasteiger partial charge in [0, 0.05) is 18.5 Å². The Hall–Kier alpha value is -3.23. The number of sulfonamides is 1. The van der Waals surface area contributed by atoms with Crippen LogP contribution in [0, 0.1) is 12.7 Å². The average molecular weight is 552 g/mol. The number of benzene rings is 3. The second-order valence-electron chi connectivity index (χ2n) is 10.5. The Bertz CT molecular complexity index is 1460. The summed E-state index contributed by atoms with van der Waals surface area (Å²) in [5, 5.41) is 0. The van der Waals surface area contributed by atoms with Crippen molar-refractivity contribution in [3.8, 4) is 16.9 Å². The number of esters is 1. The van der Waals surface area contributed by atoms with Gasteiger partial charge in [0.15, 0.2) is 6.61 Å². The smallest absolute Gasteiger partial charge is 0.344 e. The SMILES string of the molecule is CCOC(=O)COc1ccc(S(=O)(=O)N2Cc3cc(-c4ccc(F)cc4)ccc3C3(CCCCC3)C2)cc1C. The Morgan fingerprint density at radius 3 is 2.38 bits per heavy atom. The predicted molar refractivity (Wildman–Crippen MR) is 148 cm³/mol. The van der Waals surface area contributed by atoms with Crippen LogP contribution in [0.15, 0.2) is 65.6 Å². The van der Waals surface area contributed by atoms with Gasteiger partial charge >= 0.3 is 5.97 Å². The first kappa shape index (κ1) is 27.3. The lowest BCUT2D eigenvalue weighted by molar-refractivity contribution is -0.145. The van der Waals surface area contributed by atoms with Crippen molar-refractivity contribution in [2.75, 3.05) is 19.8 Å². The molecule has 0 bridgehead atoms.